The predicted molar refractivity (Wildman–Crippen MR) is 76.2 cm³/mol. The Balaban J connectivity index is 1.68. The van der Waals surface area contributed by atoms with Gasteiger partial charge in [0.1, 0.15) is 0 Å². The number of halogens is 1. The van der Waals surface area contributed by atoms with E-state index in [0.717, 1.165) is 10.6 Å². The number of amides is 2. The zero-order chi connectivity index (χ0) is 13.4. The molecule has 1 aliphatic heterocycles. The van der Waals surface area contributed by atoms with Crippen LogP contribution in [0.4, 0.5) is 15.6 Å². The molecule has 0 fully saturated rings. The number of carbonyl (C=O) groups excluding carboxylic acids is 1. The molecule has 19 heavy (non-hydrogen) atoms. The summed E-state index contributed by atoms with van der Waals surface area (Å²) in [5.74, 6) is 0. The molecule has 0 saturated carbocycles. The van der Waals surface area contributed by atoms with Crippen LogP contribution in [0.25, 0.3) is 0 Å². The zero-order valence-electron chi connectivity index (χ0n) is 9.89. The molecule has 98 valence electrons. The summed E-state index contributed by atoms with van der Waals surface area (Å²) in [5, 5.41) is 3.96. The number of nitrogens with one attached hydrogen (secondary N) is 1. The second-order valence-corrected chi connectivity index (χ2v) is 5.77. The van der Waals surface area contributed by atoms with E-state index in [0.29, 0.717) is 28.9 Å². The van der Waals surface area contributed by atoms with E-state index in [2.05, 4.69) is 10.3 Å². The molecule has 3 rings (SSSR count). The fraction of sp³-hybridized carbons (Fsp3) is 0.167. The summed E-state index contributed by atoms with van der Waals surface area (Å²) in [4.78, 5) is 19.0. The Morgan fingerprint density at radius 2 is 2.32 bits per heavy atom. The molecule has 2 heterocycles. The molecule has 1 aromatic heterocycles. The van der Waals surface area contributed by atoms with Crippen molar-refractivity contribution in [1.82, 2.24) is 9.88 Å². The van der Waals surface area contributed by atoms with Crippen LogP contribution in [0.3, 0.4) is 0 Å². The first-order valence-corrected chi connectivity index (χ1v) is 6.87. The van der Waals surface area contributed by atoms with E-state index >= 15 is 0 Å². The maximum atomic E-state index is 12.1. The standard InChI is InChI=1S/C12H11ClN4OS/c13-7-2-1-3-8(4-7)15-12(18)17-5-9-10(6-17)19-11(14)16-9/h1-4H,5-6H2,(H2,14,16)(H,15,18). The highest BCUT2D eigenvalue weighted by Gasteiger charge is 2.26. The highest BCUT2D eigenvalue weighted by molar-refractivity contribution is 7.15. The van der Waals surface area contributed by atoms with Gasteiger partial charge in [0.05, 0.1) is 23.7 Å². The summed E-state index contributed by atoms with van der Waals surface area (Å²) in [6.07, 6.45) is 0. The molecular weight excluding hydrogens is 284 g/mol. The van der Waals surface area contributed by atoms with Crippen molar-refractivity contribution < 1.29 is 4.79 Å². The number of rotatable bonds is 1. The van der Waals surface area contributed by atoms with E-state index < -0.39 is 0 Å². The van der Waals surface area contributed by atoms with Crippen molar-refractivity contribution in [1.29, 1.82) is 0 Å². The van der Waals surface area contributed by atoms with Crippen LogP contribution in [-0.2, 0) is 13.1 Å². The summed E-state index contributed by atoms with van der Waals surface area (Å²) in [6, 6.07) is 6.90. The van der Waals surface area contributed by atoms with Crippen molar-refractivity contribution in [2.24, 2.45) is 0 Å². The third-order valence-electron chi connectivity index (χ3n) is 2.83. The molecule has 0 spiro atoms. The van der Waals surface area contributed by atoms with Gasteiger partial charge in [-0.05, 0) is 18.2 Å². The summed E-state index contributed by atoms with van der Waals surface area (Å²) >= 11 is 7.30. The Morgan fingerprint density at radius 3 is 3.05 bits per heavy atom. The molecular formula is C12H11ClN4OS. The van der Waals surface area contributed by atoms with Gasteiger partial charge >= 0.3 is 6.03 Å². The highest BCUT2D eigenvalue weighted by atomic mass is 35.5. The molecule has 0 radical (unpaired) electrons. The minimum atomic E-state index is -0.161. The van der Waals surface area contributed by atoms with Crippen molar-refractivity contribution in [3.05, 3.63) is 39.9 Å². The molecule has 1 aromatic carbocycles. The largest absolute Gasteiger partial charge is 0.375 e. The zero-order valence-corrected chi connectivity index (χ0v) is 11.5. The van der Waals surface area contributed by atoms with Crippen LogP contribution >= 0.6 is 22.9 Å². The number of nitrogen functional groups attached to an aromatic ring is 1. The summed E-state index contributed by atoms with van der Waals surface area (Å²) in [6.45, 7) is 1.05. The van der Waals surface area contributed by atoms with Gasteiger partial charge in [-0.15, -0.1) is 11.3 Å². The van der Waals surface area contributed by atoms with Crippen molar-refractivity contribution in [3.63, 3.8) is 0 Å². The van der Waals surface area contributed by atoms with E-state index in [1.165, 1.54) is 11.3 Å². The molecule has 7 heteroatoms. The lowest BCUT2D eigenvalue weighted by atomic mass is 10.3. The van der Waals surface area contributed by atoms with Gasteiger partial charge in [-0.1, -0.05) is 17.7 Å². The van der Waals surface area contributed by atoms with Crippen LogP contribution in [0.15, 0.2) is 24.3 Å². The van der Waals surface area contributed by atoms with Crippen molar-refractivity contribution in [2.75, 3.05) is 11.1 Å². The number of aromatic nitrogens is 1. The first-order chi connectivity index (χ1) is 9.11. The molecule has 0 unspecified atom stereocenters. The Bertz CT molecular complexity index is 619. The topological polar surface area (TPSA) is 71.2 Å². The number of carbonyl (C=O) groups is 1. The summed E-state index contributed by atoms with van der Waals surface area (Å²) in [5.41, 5.74) is 7.20. The number of fused-ring (bicyclic) bond motifs is 1. The van der Waals surface area contributed by atoms with Gasteiger partial charge in [0, 0.05) is 10.7 Å². The molecule has 2 amide bonds. The molecule has 5 nitrogen and oxygen atoms in total. The lowest BCUT2D eigenvalue weighted by Gasteiger charge is -2.16. The van der Waals surface area contributed by atoms with Crippen LogP contribution in [0, 0.1) is 0 Å². The van der Waals surface area contributed by atoms with Crippen LogP contribution < -0.4 is 11.1 Å². The van der Waals surface area contributed by atoms with Gasteiger partial charge < -0.3 is 16.0 Å². The number of benzene rings is 1. The van der Waals surface area contributed by atoms with Crippen molar-refractivity contribution in [2.45, 2.75) is 13.1 Å². The predicted octanol–water partition coefficient (Wildman–Crippen LogP) is 2.93. The number of nitrogens with two attached hydrogens (primary N) is 1. The molecule has 0 bridgehead atoms. The Morgan fingerprint density at radius 1 is 1.47 bits per heavy atom. The fourth-order valence-electron chi connectivity index (χ4n) is 1.97. The van der Waals surface area contributed by atoms with Gasteiger partial charge in [0.2, 0.25) is 0 Å². The number of hydrogen-bond acceptors (Lipinski definition) is 4. The van der Waals surface area contributed by atoms with Crippen molar-refractivity contribution in [3.8, 4) is 0 Å². The van der Waals surface area contributed by atoms with E-state index in [9.17, 15) is 4.79 Å². The van der Waals surface area contributed by atoms with Crippen LogP contribution in [0.2, 0.25) is 5.02 Å². The maximum Gasteiger partial charge on any atom is 0.322 e. The second kappa shape index (κ2) is 4.71. The average Bonchev–Trinajstić information content (AvgIpc) is 2.86. The summed E-state index contributed by atoms with van der Waals surface area (Å²) < 4.78 is 0. The van der Waals surface area contributed by atoms with Gasteiger partial charge in [0.15, 0.2) is 5.13 Å². The van der Waals surface area contributed by atoms with Gasteiger partial charge in [-0.25, -0.2) is 9.78 Å². The Labute approximate surface area is 119 Å². The lowest BCUT2D eigenvalue weighted by Crippen LogP contribution is -2.30. The highest BCUT2D eigenvalue weighted by Crippen LogP contribution is 2.29. The van der Waals surface area contributed by atoms with Crippen molar-refractivity contribution >= 4 is 39.8 Å². The minimum absolute atomic E-state index is 0.161. The molecule has 0 saturated heterocycles. The Hall–Kier alpha value is -1.79. The summed E-state index contributed by atoms with van der Waals surface area (Å²) in [7, 11) is 0. The second-order valence-electron chi connectivity index (χ2n) is 4.22. The number of thiazole rings is 1. The van der Waals surface area contributed by atoms with E-state index in [1.54, 1.807) is 29.2 Å². The Kier molecular flexibility index (Phi) is 3.04. The molecule has 0 aliphatic carbocycles. The number of urea groups is 1. The molecule has 2 aromatic rings. The molecule has 0 atom stereocenters. The quantitative estimate of drug-likeness (QED) is 0.849. The van der Waals surface area contributed by atoms with E-state index in [-0.39, 0.29) is 6.03 Å². The number of anilines is 2. The minimum Gasteiger partial charge on any atom is -0.375 e. The van der Waals surface area contributed by atoms with Gasteiger partial charge in [-0.3, -0.25) is 0 Å². The number of nitrogens with zero attached hydrogens (tertiary/aromatic N) is 2. The van der Waals surface area contributed by atoms with Crippen LogP contribution in [0.5, 0.6) is 0 Å². The first-order valence-electron chi connectivity index (χ1n) is 5.67. The molecule has 3 N–H and O–H groups in total. The monoisotopic (exact) mass is 294 g/mol. The third kappa shape index (κ3) is 2.50. The van der Waals surface area contributed by atoms with E-state index in [4.69, 9.17) is 17.3 Å². The molecule has 1 aliphatic rings. The van der Waals surface area contributed by atoms with Crippen LogP contribution in [-0.4, -0.2) is 15.9 Å². The average molecular weight is 295 g/mol. The lowest BCUT2D eigenvalue weighted by molar-refractivity contribution is 0.212. The van der Waals surface area contributed by atoms with Gasteiger partial charge in [-0.2, -0.15) is 0 Å². The maximum absolute atomic E-state index is 12.1. The normalized spacial score (nSPS) is 13.4. The first kappa shape index (κ1) is 12.3. The van der Waals surface area contributed by atoms with E-state index in [1.807, 2.05) is 0 Å². The SMILES string of the molecule is Nc1nc2c(s1)CN(C(=O)Nc1cccc(Cl)c1)C2. The third-order valence-corrected chi connectivity index (χ3v) is 3.98. The van der Waals surface area contributed by atoms with Crippen LogP contribution in [0.1, 0.15) is 10.6 Å². The fourth-order valence-corrected chi connectivity index (χ4v) is 3.02. The number of hydrogen-bond donors (Lipinski definition) is 2. The smallest absolute Gasteiger partial charge is 0.322 e. The van der Waals surface area contributed by atoms with Gasteiger partial charge in [0.25, 0.3) is 0 Å².